The van der Waals surface area contributed by atoms with E-state index in [1.54, 1.807) is 4.90 Å². The van der Waals surface area contributed by atoms with Crippen LogP contribution in [0.25, 0.3) is 0 Å². The Balaban J connectivity index is 1.99. The van der Waals surface area contributed by atoms with E-state index >= 15 is 0 Å². The fourth-order valence-electron chi connectivity index (χ4n) is 3.09. The molecule has 1 heterocycles. The first-order chi connectivity index (χ1) is 10.9. The Bertz CT molecular complexity index is 561. The fourth-order valence-corrected chi connectivity index (χ4v) is 3.09. The van der Waals surface area contributed by atoms with E-state index in [4.69, 9.17) is 4.74 Å². The zero-order valence-electron chi connectivity index (χ0n) is 14.5. The summed E-state index contributed by atoms with van der Waals surface area (Å²) in [6, 6.07) is 6.34. The molecule has 0 spiro atoms. The van der Waals surface area contributed by atoms with Crippen LogP contribution in [0.4, 0.5) is 0 Å². The van der Waals surface area contributed by atoms with Gasteiger partial charge in [0.1, 0.15) is 6.10 Å². The molecule has 1 aliphatic heterocycles. The number of methoxy groups -OCH3 is 1. The number of carbonyl (C=O) groups excluding carboxylic acids is 2. The first kappa shape index (κ1) is 17.5. The highest BCUT2D eigenvalue weighted by Gasteiger charge is 2.30. The molecule has 1 fully saturated rings. The molecule has 0 radical (unpaired) electrons. The van der Waals surface area contributed by atoms with Crippen LogP contribution in [0.15, 0.2) is 18.2 Å². The van der Waals surface area contributed by atoms with Crippen molar-refractivity contribution in [2.45, 2.75) is 39.8 Å². The van der Waals surface area contributed by atoms with E-state index in [2.05, 4.69) is 32.0 Å². The maximum Gasteiger partial charge on any atom is 0.252 e. The minimum Gasteiger partial charge on any atom is -0.372 e. The lowest BCUT2D eigenvalue weighted by Crippen LogP contribution is -2.54. The Morgan fingerprint density at radius 3 is 2.39 bits per heavy atom. The summed E-state index contributed by atoms with van der Waals surface area (Å²) in [5.74, 6) is -0.0934. The highest BCUT2D eigenvalue weighted by molar-refractivity contribution is 5.88. The van der Waals surface area contributed by atoms with Crippen LogP contribution in [0.5, 0.6) is 0 Å². The summed E-state index contributed by atoms with van der Waals surface area (Å²) in [4.78, 5) is 28.1. The van der Waals surface area contributed by atoms with Crippen molar-refractivity contribution in [3.63, 3.8) is 0 Å². The molecule has 1 saturated heterocycles. The number of nitrogens with zero attached hydrogens (tertiary/aromatic N) is 2. The van der Waals surface area contributed by atoms with Gasteiger partial charge in [-0.05, 0) is 25.8 Å². The predicted octanol–water partition coefficient (Wildman–Crippen LogP) is 1.90. The van der Waals surface area contributed by atoms with Gasteiger partial charge in [0.15, 0.2) is 0 Å². The fraction of sp³-hybridized carbons (Fsp3) is 0.556. The number of aryl methyl sites for hydroxylation is 2. The van der Waals surface area contributed by atoms with Crippen molar-refractivity contribution >= 4 is 11.8 Å². The first-order valence-electron chi connectivity index (χ1n) is 8.11. The summed E-state index contributed by atoms with van der Waals surface area (Å²) in [6.07, 6.45) is 0.167. The van der Waals surface area contributed by atoms with Crippen molar-refractivity contribution in [1.29, 1.82) is 0 Å². The van der Waals surface area contributed by atoms with Gasteiger partial charge in [0, 0.05) is 26.7 Å². The lowest BCUT2D eigenvalue weighted by Gasteiger charge is -2.35. The lowest BCUT2D eigenvalue weighted by atomic mass is 10.1. The molecule has 0 aliphatic carbocycles. The third kappa shape index (κ3) is 4.32. The first-order valence-corrected chi connectivity index (χ1v) is 8.11. The second-order valence-electron chi connectivity index (χ2n) is 6.20. The third-order valence-electron chi connectivity index (χ3n) is 4.22. The third-order valence-corrected chi connectivity index (χ3v) is 4.22. The van der Waals surface area contributed by atoms with Crippen molar-refractivity contribution in [2.24, 2.45) is 0 Å². The second-order valence-corrected chi connectivity index (χ2v) is 6.20. The minimum atomic E-state index is -0.450. The van der Waals surface area contributed by atoms with Gasteiger partial charge < -0.3 is 14.5 Å². The Kier molecular flexibility index (Phi) is 5.77. The van der Waals surface area contributed by atoms with Crippen LogP contribution in [-0.2, 0) is 20.9 Å². The van der Waals surface area contributed by atoms with Gasteiger partial charge in [-0.25, -0.2) is 0 Å². The Labute approximate surface area is 138 Å². The van der Waals surface area contributed by atoms with Crippen LogP contribution in [0, 0.1) is 13.8 Å². The van der Waals surface area contributed by atoms with Crippen molar-refractivity contribution in [3.05, 3.63) is 34.9 Å². The number of hydrogen-bond donors (Lipinski definition) is 0. The van der Waals surface area contributed by atoms with E-state index in [-0.39, 0.29) is 18.4 Å². The smallest absolute Gasteiger partial charge is 0.252 e. The molecule has 5 heteroatoms. The SMILES string of the molecule is CC[C@@H](OC)C(=O)N1CCN(Cc2cc(C)cc(C)c2)C(=O)C1. The van der Waals surface area contributed by atoms with Crippen molar-refractivity contribution in [3.8, 4) is 0 Å². The highest BCUT2D eigenvalue weighted by atomic mass is 16.5. The van der Waals surface area contributed by atoms with Crippen molar-refractivity contribution in [2.75, 3.05) is 26.7 Å². The monoisotopic (exact) mass is 318 g/mol. The molecule has 0 saturated carbocycles. The van der Waals surface area contributed by atoms with E-state index in [0.717, 1.165) is 5.56 Å². The standard InChI is InChI=1S/C18H26N2O3/c1-5-16(23-4)18(22)20-7-6-19(17(21)12-20)11-15-9-13(2)8-14(3)10-15/h8-10,16H,5-7,11-12H2,1-4H3/t16-/m1/s1. The molecule has 1 atom stereocenters. The molecule has 2 rings (SSSR count). The van der Waals surface area contributed by atoms with Crippen LogP contribution in [0.2, 0.25) is 0 Å². The molecule has 0 aromatic heterocycles. The van der Waals surface area contributed by atoms with Crippen LogP contribution in [-0.4, -0.2) is 54.5 Å². The molecule has 2 amide bonds. The van der Waals surface area contributed by atoms with Gasteiger partial charge in [-0.3, -0.25) is 9.59 Å². The summed E-state index contributed by atoms with van der Waals surface area (Å²) in [5, 5.41) is 0. The summed E-state index contributed by atoms with van der Waals surface area (Å²) < 4.78 is 5.18. The Morgan fingerprint density at radius 1 is 1.22 bits per heavy atom. The molecular weight excluding hydrogens is 292 g/mol. The van der Waals surface area contributed by atoms with E-state index in [1.807, 2.05) is 11.8 Å². The number of rotatable bonds is 5. The van der Waals surface area contributed by atoms with Gasteiger partial charge in [0.05, 0.1) is 6.54 Å². The molecule has 126 valence electrons. The number of ether oxygens (including phenoxy) is 1. The van der Waals surface area contributed by atoms with Crippen LogP contribution < -0.4 is 0 Å². The van der Waals surface area contributed by atoms with E-state index in [0.29, 0.717) is 26.1 Å². The molecule has 5 nitrogen and oxygen atoms in total. The topological polar surface area (TPSA) is 49.9 Å². The molecule has 0 unspecified atom stereocenters. The second kappa shape index (κ2) is 7.59. The quantitative estimate of drug-likeness (QED) is 0.833. The van der Waals surface area contributed by atoms with Crippen molar-refractivity contribution in [1.82, 2.24) is 9.80 Å². The number of carbonyl (C=O) groups is 2. The average Bonchev–Trinajstić information content (AvgIpc) is 2.49. The molecular formula is C18H26N2O3. The van der Waals surface area contributed by atoms with E-state index in [9.17, 15) is 9.59 Å². The number of hydrogen-bond acceptors (Lipinski definition) is 3. The maximum atomic E-state index is 12.4. The molecule has 1 aliphatic rings. The van der Waals surface area contributed by atoms with Gasteiger partial charge in [0.25, 0.3) is 5.91 Å². The lowest BCUT2D eigenvalue weighted by molar-refractivity contribution is -0.151. The minimum absolute atomic E-state index is 0.00489. The van der Waals surface area contributed by atoms with Gasteiger partial charge in [-0.1, -0.05) is 36.2 Å². The Morgan fingerprint density at radius 2 is 1.87 bits per heavy atom. The van der Waals surface area contributed by atoms with Crippen LogP contribution in [0.1, 0.15) is 30.0 Å². The summed E-state index contributed by atoms with van der Waals surface area (Å²) in [5.41, 5.74) is 3.54. The highest BCUT2D eigenvalue weighted by Crippen LogP contribution is 2.15. The van der Waals surface area contributed by atoms with Crippen molar-refractivity contribution < 1.29 is 14.3 Å². The van der Waals surface area contributed by atoms with Crippen LogP contribution >= 0.6 is 0 Å². The summed E-state index contributed by atoms with van der Waals surface area (Å²) in [6.45, 7) is 7.90. The molecule has 0 N–H and O–H groups in total. The zero-order valence-corrected chi connectivity index (χ0v) is 14.5. The number of piperazine rings is 1. The zero-order chi connectivity index (χ0) is 17.0. The number of amides is 2. The van der Waals surface area contributed by atoms with Gasteiger partial charge in [-0.15, -0.1) is 0 Å². The van der Waals surface area contributed by atoms with Gasteiger partial charge in [0.2, 0.25) is 5.91 Å². The van der Waals surface area contributed by atoms with E-state index in [1.165, 1.54) is 18.2 Å². The van der Waals surface area contributed by atoms with Gasteiger partial charge >= 0.3 is 0 Å². The largest absolute Gasteiger partial charge is 0.372 e. The summed E-state index contributed by atoms with van der Waals surface area (Å²) in [7, 11) is 1.53. The average molecular weight is 318 g/mol. The van der Waals surface area contributed by atoms with E-state index < -0.39 is 6.10 Å². The van der Waals surface area contributed by atoms with Gasteiger partial charge in [-0.2, -0.15) is 0 Å². The molecule has 1 aromatic carbocycles. The predicted molar refractivity (Wildman–Crippen MR) is 89.0 cm³/mol. The molecule has 1 aromatic rings. The molecule has 23 heavy (non-hydrogen) atoms. The number of benzene rings is 1. The maximum absolute atomic E-state index is 12.4. The normalized spacial score (nSPS) is 16.6. The molecule has 0 bridgehead atoms. The van der Waals surface area contributed by atoms with Crippen LogP contribution in [0.3, 0.4) is 0 Å². The Hall–Kier alpha value is -1.88. The summed E-state index contributed by atoms with van der Waals surface area (Å²) >= 11 is 0.